The fraction of sp³-hybridized carbons (Fsp3) is 0.714. The molecule has 1 fully saturated rings. The van der Waals surface area contributed by atoms with Crippen molar-refractivity contribution in [2.45, 2.75) is 38.6 Å². The van der Waals surface area contributed by atoms with Crippen molar-refractivity contribution in [1.29, 1.82) is 0 Å². The van der Waals surface area contributed by atoms with Crippen LogP contribution in [0.4, 0.5) is 0 Å². The first-order valence-electron chi connectivity index (χ1n) is 6.59. The molecule has 0 atom stereocenters. The van der Waals surface area contributed by atoms with E-state index in [1.165, 1.54) is 34.2 Å². The molecular weight excluding hydrogens is 260 g/mol. The lowest BCUT2D eigenvalue weighted by atomic mass is 10.1. The number of nitrogens with zero attached hydrogens (tertiary/aromatic N) is 1. The van der Waals surface area contributed by atoms with Gasteiger partial charge in [0, 0.05) is 46.4 Å². The maximum Gasteiger partial charge on any atom is 0.0296 e. The third kappa shape index (κ3) is 3.73. The third-order valence-electron chi connectivity index (χ3n) is 3.32. The molecule has 2 nitrogen and oxygen atoms in total. The van der Waals surface area contributed by atoms with Gasteiger partial charge < -0.3 is 5.32 Å². The van der Waals surface area contributed by atoms with Crippen molar-refractivity contribution in [1.82, 2.24) is 10.2 Å². The first-order chi connectivity index (χ1) is 8.50. The number of hydrogen-bond acceptors (Lipinski definition) is 4. The van der Waals surface area contributed by atoms with Gasteiger partial charge in [-0.3, -0.25) is 4.90 Å². The van der Waals surface area contributed by atoms with Gasteiger partial charge in [-0.05, 0) is 39.4 Å². The van der Waals surface area contributed by atoms with Crippen molar-refractivity contribution in [3.05, 3.63) is 21.4 Å². The Hall–Kier alpha value is -0.0300. The average molecular weight is 284 g/mol. The van der Waals surface area contributed by atoms with E-state index in [1.54, 1.807) is 0 Å². The Balaban J connectivity index is 2.00. The minimum atomic E-state index is 0.413. The molecule has 2 rings (SSSR count). The molecule has 1 aliphatic rings. The Kier molecular flexibility index (Phi) is 4.75. The maximum absolute atomic E-state index is 3.23. The molecule has 0 amide bonds. The Morgan fingerprint density at radius 1 is 1.44 bits per heavy atom. The summed E-state index contributed by atoms with van der Waals surface area (Å²) in [6.07, 6.45) is 0. The Morgan fingerprint density at radius 3 is 2.89 bits per heavy atom. The van der Waals surface area contributed by atoms with Crippen LogP contribution in [0.5, 0.6) is 0 Å². The first-order valence-corrected chi connectivity index (χ1v) is 8.39. The van der Waals surface area contributed by atoms with Gasteiger partial charge >= 0.3 is 0 Å². The largest absolute Gasteiger partial charge is 0.315 e. The molecule has 1 saturated heterocycles. The number of aryl methyl sites for hydroxylation is 1. The molecule has 1 aromatic rings. The second-order valence-electron chi connectivity index (χ2n) is 5.64. The lowest BCUT2D eigenvalue weighted by Crippen LogP contribution is -2.42. The molecule has 0 radical (unpaired) electrons. The fourth-order valence-electron chi connectivity index (χ4n) is 2.50. The van der Waals surface area contributed by atoms with Crippen LogP contribution in [0.2, 0.25) is 0 Å². The van der Waals surface area contributed by atoms with Crippen LogP contribution in [-0.4, -0.2) is 35.5 Å². The summed E-state index contributed by atoms with van der Waals surface area (Å²) in [6.45, 7) is 11.5. The molecule has 1 aliphatic heterocycles. The van der Waals surface area contributed by atoms with Crippen molar-refractivity contribution in [3.8, 4) is 0 Å². The first kappa shape index (κ1) is 14.4. The Bertz CT molecular complexity index is 398. The number of thiophene rings is 1. The highest BCUT2D eigenvalue weighted by atomic mass is 32.2. The van der Waals surface area contributed by atoms with E-state index in [1.807, 2.05) is 18.4 Å². The van der Waals surface area contributed by atoms with Gasteiger partial charge in [-0.1, -0.05) is 0 Å². The van der Waals surface area contributed by atoms with Crippen LogP contribution in [0.25, 0.3) is 0 Å². The highest BCUT2D eigenvalue weighted by Crippen LogP contribution is 2.31. The Morgan fingerprint density at radius 2 is 2.22 bits per heavy atom. The topological polar surface area (TPSA) is 15.3 Å². The predicted molar refractivity (Wildman–Crippen MR) is 83.6 cm³/mol. The van der Waals surface area contributed by atoms with E-state index in [2.05, 4.69) is 48.8 Å². The zero-order valence-corrected chi connectivity index (χ0v) is 13.5. The van der Waals surface area contributed by atoms with Crippen molar-refractivity contribution >= 4 is 23.1 Å². The monoisotopic (exact) mass is 284 g/mol. The van der Waals surface area contributed by atoms with Crippen LogP contribution in [0, 0.1) is 6.92 Å². The van der Waals surface area contributed by atoms with E-state index in [-0.39, 0.29) is 0 Å². The summed E-state index contributed by atoms with van der Waals surface area (Å²) in [5.74, 6) is 1.26. The van der Waals surface area contributed by atoms with Gasteiger partial charge in [0.1, 0.15) is 0 Å². The van der Waals surface area contributed by atoms with Gasteiger partial charge in [-0.25, -0.2) is 0 Å². The van der Waals surface area contributed by atoms with Crippen LogP contribution in [0.15, 0.2) is 6.07 Å². The van der Waals surface area contributed by atoms with Gasteiger partial charge in [0.05, 0.1) is 0 Å². The molecule has 0 unspecified atom stereocenters. The smallest absolute Gasteiger partial charge is 0.0296 e. The molecule has 18 heavy (non-hydrogen) atoms. The molecule has 0 spiro atoms. The molecule has 0 aromatic carbocycles. The second-order valence-corrected chi connectivity index (χ2v) is 8.79. The van der Waals surface area contributed by atoms with Gasteiger partial charge in [0.15, 0.2) is 0 Å². The number of nitrogens with one attached hydrogen (secondary N) is 1. The molecule has 102 valence electrons. The van der Waals surface area contributed by atoms with E-state index >= 15 is 0 Å². The summed E-state index contributed by atoms with van der Waals surface area (Å²) in [6, 6.07) is 2.38. The summed E-state index contributed by atoms with van der Waals surface area (Å²) < 4.78 is 0.413. The number of hydrogen-bond donors (Lipinski definition) is 1. The summed E-state index contributed by atoms with van der Waals surface area (Å²) in [5, 5.41) is 3.23. The molecule has 0 bridgehead atoms. The van der Waals surface area contributed by atoms with Crippen molar-refractivity contribution in [2.75, 3.05) is 25.9 Å². The van der Waals surface area contributed by atoms with Gasteiger partial charge in [0.25, 0.3) is 0 Å². The molecule has 1 aromatic heterocycles. The average Bonchev–Trinajstić information content (AvgIpc) is 2.58. The highest BCUT2D eigenvalue weighted by Gasteiger charge is 2.27. The summed E-state index contributed by atoms with van der Waals surface area (Å²) in [5.41, 5.74) is 1.52. The van der Waals surface area contributed by atoms with E-state index < -0.39 is 0 Å². The molecule has 4 heteroatoms. The van der Waals surface area contributed by atoms with Crippen LogP contribution in [0.1, 0.15) is 29.2 Å². The van der Waals surface area contributed by atoms with E-state index in [9.17, 15) is 0 Å². The van der Waals surface area contributed by atoms with E-state index in [0.29, 0.717) is 4.75 Å². The normalized spacial score (nSPS) is 20.2. The van der Waals surface area contributed by atoms with Crippen LogP contribution >= 0.6 is 23.1 Å². The van der Waals surface area contributed by atoms with Crippen molar-refractivity contribution < 1.29 is 0 Å². The minimum Gasteiger partial charge on any atom is -0.315 e. The molecular formula is C14H24N2S2. The molecule has 2 heterocycles. The van der Waals surface area contributed by atoms with Gasteiger partial charge in [0.2, 0.25) is 0 Å². The minimum absolute atomic E-state index is 0.413. The SMILES string of the molecule is CNCc1cc(CN2CCSC(C)(C)C2)c(C)s1. The highest BCUT2D eigenvalue weighted by molar-refractivity contribution is 8.00. The zero-order chi connectivity index (χ0) is 13.2. The van der Waals surface area contributed by atoms with Crippen LogP contribution < -0.4 is 5.32 Å². The number of thioether (sulfide) groups is 1. The quantitative estimate of drug-likeness (QED) is 0.914. The fourth-order valence-corrected chi connectivity index (χ4v) is 4.74. The van der Waals surface area contributed by atoms with Crippen LogP contribution in [0.3, 0.4) is 0 Å². The second kappa shape index (κ2) is 5.95. The van der Waals surface area contributed by atoms with Crippen LogP contribution in [-0.2, 0) is 13.1 Å². The van der Waals surface area contributed by atoms with E-state index in [0.717, 1.165) is 13.1 Å². The molecule has 0 aliphatic carbocycles. The van der Waals surface area contributed by atoms with E-state index in [4.69, 9.17) is 0 Å². The van der Waals surface area contributed by atoms with Crippen molar-refractivity contribution in [3.63, 3.8) is 0 Å². The summed E-state index contributed by atoms with van der Waals surface area (Å²) in [7, 11) is 2.01. The summed E-state index contributed by atoms with van der Waals surface area (Å²) >= 11 is 4.04. The summed E-state index contributed by atoms with van der Waals surface area (Å²) in [4.78, 5) is 5.54. The standard InChI is InChI=1S/C14H24N2S2/c1-11-12(7-13(18-11)8-15-4)9-16-5-6-17-14(2,3)10-16/h7,15H,5-6,8-10H2,1-4H3. The predicted octanol–water partition coefficient (Wildman–Crippen LogP) is 3.10. The molecule has 0 saturated carbocycles. The lowest BCUT2D eigenvalue weighted by Gasteiger charge is -2.37. The third-order valence-corrected chi connectivity index (χ3v) is 5.71. The maximum atomic E-state index is 3.23. The van der Waals surface area contributed by atoms with Gasteiger partial charge in [-0.2, -0.15) is 11.8 Å². The zero-order valence-electron chi connectivity index (χ0n) is 11.9. The Labute approximate surface area is 119 Å². The number of rotatable bonds is 4. The van der Waals surface area contributed by atoms with Gasteiger partial charge in [-0.15, -0.1) is 11.3 Å². The molecule has 1 N–H and O–H groups in total. The van der Waals surface area contributed by atoms with Crippen molar-refractivity contribution in [2.24, 2.45) is 0 Å². The lowest BCUT2D eigenvalue weighted by molar-refractivity contribution is 0.252.